The molecule has 1 aromatic carbocycles. The Bertz CT molecular complexity index is 643. The Morgan fingerprint density at radius 2 is 1.86 bits per heavy atom. The van der Waals surface area contributed by atoms with Crippen LogP contribution in [0.15, 0.2) is 18.2 Å². The van der Waals surface area contributed by atoms with Crippen molar-refractivity contribution in [1.29, 1.82) is 0 Å². The van der Waals surface area contributed by atoms with Crippen LogP contribution in [0.1, 0.15) is 29.6 Å². The zero-order chi connectivity index (χ0) is 16.3. The molecule has 0 bridgehead atoms. The molecule has 1 aromatic rings. The summed E-state index contributed by atoms with van der Waals surface area (Å²) in [6, 6.07) is 3.10. The molecule has 8 heteroatoms. The van der Waals surface area contributed by atoms with Crippen molar-refractivity contribution in [2.24, 2.45) is 0 Å². The molecule has 0 radical (unpaired) electrons. The highest BCUT2D eigenvalue weighted by atomic mass is 19.1. The standard InChI is InChI=1S/C14H13FN2O5/c15-9-7-8(14(21)22)1-2-10(9)16-11(18)5-6-17-12(19)3-4-13(17)20/h1-2,7H,3-6H2,(H,16,18)(H,21,22). The Kier molecular flexibility index (Phi) is 4.50. The maximum absolute atomic E-state index is 13.6. The average Bonchev–Trinajstić information content (AvgIpc) is 2.78. The van der Waals surface area contributed by atoms with Gasteiger partial charge in [0, 0.05) is 25.8 Å². The number of carboxylic acid groups (broad SMARTS) is 1. The fourth-order valence-corrected chi connectivity index (χ4v) is 2.05. The fourth-order valence-electron chi connectivity index (χ4n) is 2.05. The Morgan fingerprint density at radius 1 is 1.23 bits per heavy atom. The number of hydrogen-bond acceptors (Lipinski definition) is 4. The van der Waals surface area contributed by atoms with Crippen LogP contribution in [0.4, 0.5) is 10.1 Å². The minimum atomic E-state index is -1.28. The van der Waals surface area contributed by atoms with E-state index in [4.69, 9.17) is 5.11 Å². The first kappa shape index (κ1) is 15.6. The second kappa shape index (κ2) is 6.33. The van der Waals surface area contributed by atoms with Crippen LogP contribution in [0.2, 0.25) is 0 Å². The van der Waals surface area contributed by atoms with Gasteiger partial charge in [-0.25, -0.2) is 9.18 Å². The van der Waals surface area contributed by atoms with Gasteiger partial charge < -0.3 is 10.4 Å². The zero-order valence-electron chi connectivity index (χ0n) is 11.5. The normalized spacial score (nSPS) is 14.3. The molecule has 116 valence electrons. The second-order valence-corrected chi connectivity index (χ2v) is 4.74. The van der Waals surface area contributed by atoms with Gasteiger partial charge in [-0.3, -0.25) is 19.3 Å². The largest absolute Gasteiger partial charge is 0.478 e. The van der Waals surface area contributed by atoms with Gasteiger partial charge in [-0.2, -0.15) is 0 Å². The van der Waals surface area contributed by atoms with Crippen molar-refractivity contribution in [3.8, 4) is 0 Å². The summed E-state index contributed by atoms with van der Waals surface area (Å²) in [5.41, 5.74) is -0.391. The molecule has 2 rings (SSSR count). The summed E-state index contributed by atoms with van der Waals surface area (Å²) in [6.45, 7) is -0.0572. The van der Waals surface area contributed by atoms with Crippen LogP contribution in [-0.4, -0.2) is 40.2 Å². The topological polar surface area (TPSA) is 104 Å². The fraction of sp³-hybridized carbons (Fsp3) is 0.286. The Balaban J connectivity index is 1.93. The lowest BCUT2D eigenvalue weighted by atomic mass is 10.2. The van der Waals surface area contributed by atoms with E-state index in [1.165, 1.54) is 0 Å². The molecule has 0 aromatic heterocycles. The van der Waals surface area contributed by atoms with Crippen LogP contribution >= 0.6 is 0 Å². The minimum absolute atomic E-state index is 0.0572. The van der Waals surface area contributed by atoms with Crippen LogP contribution in [0, 0.1) is 5.82 Å². The highest BCUT2D eigenvalue weighted by Crippen LogP contribution is 2.17. The third-order valence-electron chi connectivity index (χ3n) is 3.21. The van der Waals surface area contributed by atoms with E-state index in [1.807, 2.05) is 0 Å². The summed E-state index contributed by atoms with van der Waals surface area (Å²) >= 11 is 0. The predicted molar refractivity (Wildman–Crippen MR) is 72.6 cm³/mol. The van der Waals surface area contributed by atoms with E-state index in [-0.39, 0.29) is 48.9 Å². The van der Waals surface area contributed by atoms with E-state index in [0.29, 0.717) is 0 Å². The smallest absolute Gasteiger partial charge is 0.335 e. The first-order valence-corrected chi connectivity index (χ1v) is 6.54. The summed E-state index contributed by atoms with van der Waals surface area (Å²) in [5.74, 6) is -3.37. The maximum Gasteiger partial charge on any atom is 0.335 e. The molecule has 0 aliphatic carbocycles. The van der Waals surface area contributed by atoms with Crippen molar-refractivity contribution in [2.45, 2.75) is 19.3 Å². The number of halogens is 1. The van der Waals surface area contributed by atoms with Crippen molar-refractivity contribution in [2.75, 3.05) is 11.9 Å². The van der Waals surface area contributed by atoms with E-state index in [1.54, 1.807) is 0 Å². The van der Waals surface area contributed by atoms with Crippen LogP contribution in [0.25, 0.3) is 0 Å². The summed E-state index contributed by atoms with van der Waals surface area (Å²) in [5, 5.41) is 11.0. The Morgan fingerprint density at radius 3 is 2.41 bits per heavy atom. The number of amides is 3. The number of carboxylic acids is 1. The van der Waals surface area contributed by atoms with Crippen LogP contribution < -0.4 is 5.32 Å². The number of carbonyl (C=O) groups is 4. The van der Waals surface area contributed by atoms with Gasteiger partial charge in [-0.15, -0.1) is 0 Å². The SMILES string of the molecule is O=C(CCN1C(=O)CCC1=O)Nc1ccc(C(=O)O)cc1F. The Labute approximate surface area is 124 Å². The van der Waals surface area contributed by atoms with Crippen LogP contribution in [-0.2, 0) is 14.4 Å². The average molecular weight is 308 g/mol. The van der Waals surface area contributed by atoms with E-state index in [0.717, 1.165) is 23.1 Å². The van der Waals surface area contributed by atoms with Gasteiger partial charge in [0.05, 0.1) is 11.3 Å². The van der Waals surface area contributed by atoms with E-state index >= 15 is 0 Å². The number of aromatic carboxylic acids is 1. The van der Waals surface area contributed by atoms with Crippen molar-refractivity contribution in [3.63, 3.8) is 0 Å². The van der Waals surface area contributed by atoms with Gasteiger partial charge in [0.15, 0.2) is 0 Å². The lowest BCUT2D eigenvalue weighted by molar-refractivity contribution is -0.138. The molecule has 0 saturated carbocycles. The van der Waals surface area contributed by atoms with E-state index < -0.39 is 17.7 Å². The third-order valence-corrected chi connectivity index (χ3v) is 3.21. The number of rotatable bonds is 5. The lowest BCUT2D eigenvalue weighted by Gasteiger charge is -2.13. The van der Waals surface area contributed by atoms with Crippen molar-refractivity contribution >= 4 is 29.4 Å². The maximum atomic E-state index is 13.6. The number of carbonyl (C=O) groups excluding carboxylic acids is 3. The zero-order valence-corrected chi connectivity index (χ0v) is 11.5. The number of benzene rings is 1. The van der Waals surface area contributed by atoms with Gasteiger partial charge in [0.2, 0.25) is 17.7 Å². The number of hydrogen-bond donors (Lipinski definition) is 2. The first-order chi connectivity index (χ1) is 10.4. The molecule has 0 unspecified atom stereocenters. The summed E-state index contributed by atoms with van der Waals surface area (Å²) in [4.78, 5) is 46.1. The molecule has 1 aliphatic rings. The summed E-state index contributed by atoms with van der Waals surface area (Å²) in [7, 11) is 0. The molecule has 22 heavy (non-hydrogen) atoms. The number of anilines is 1. The molecule has 7 nitrogen and oxygen atoms in total. The summed E-state index contributed by atoms with van der Waals surface area (Å²) < 4.78 is 13.6. The number of likely N-dealkylation sites (tertiary alicyclic amines) is 1. The highest BCUT2D eigenvalue weighted by Gasteiger charge is 2.28. The van der Waals surface area contributed by atoms with Crippen molar-refractivity contribution < 1.29 is 28.7 Å². The van der Waals surface area contributed by atoms with Gasteiger partial charge in [0.25, 0.3) is 0 Å². The second-order valence-electron chi connectivity index (χ2n) is 4.74. The molecule has 0 spiro atoms. The molecule has 0 atom stereocenters. The molecular formula is C14H13FN2O5. The quantitative estimate of drug-likeness (QED) is 0.790. The van der Waals surface area contributed by atoms with Gasteiger partial charge >= 0.3 is 5.97 Å². The molecule has 1 saturated heterocycles. The molecular weight excluding hydrogens is 295 g/mol. The first-order valence-electron chi connectivity index (χ1n) is 6.54. The molecule has 1 aliphatic heterocycles. The van der Waals surface area contributed by atoms with Crippen molar-refractivity contribution in [3.05, 3.63) is 29.6 Å². The molecule has 3 amide bonds. The minimum Gasteiger partial charge on any atom is -0.478 e. The molecule has 1 heterocycles. The van der Waals surface area contributed by atoms with Crippen LogP contribution in [0.5, 0.6) is 0 Å². The van der Waals surface area contributed by atoms with Gasteiger partial charge in [-0.1, -0.05) is 0 Å². The third kappa shape index (κ3) is 3.46. The number of nitrogens with one attached hydrogen (secondary N) is 1. The number of imide groups is 1. The Hall–Kier alpha value is -2.77. The van der Waals surface area contributed by atoms with Crippen molar-refractivity contribution in [1.82, 2.24) is 4.90 Å². The molecule has 2 N–H and O–H groups in total. The van der Waals surface area contributed by atoms with Crippen LogP contribution in [0.3, 0.4) is 0 Å². The monoisotopic (exact) mass is 308 g/mol. The highest BCUT2D eigenvalue weighted by molar-refractivity contribution is 6.02. The lowest BCUT2D eigenvalue weighted by Crippen LogP contribution is -2.32. The van der Waals surface area contributed by atoms with Gasteiger partial charge in [-0.05, 0) is 18.2 Å². The van der Waals surface area contributed by atoms with E-state index in [2.05, 4.69) is 5.32 Å². The van der Waals surface area contributed by atoms with Gasteiger partial charge in [0.1, 0.15) is 5.82 Å². The molecule has 1 fully saturated rings. The predicted octanol–water partition coefficient (Wildman–Crippen LogP) is 1.00. The summed E-state index contributed by atoms with van der Waals surface area (Å²) in [6.07, 6.45) is 0.134. The van der Waals surface area contributed by atoms with E-state index in [9.17, 15) is 23.6 Å². The number of nitrogens with zero attached hydrogens (tertiary/aromatic N) is 1.